The summed E-state index contributed by atoms with van der Waals surface area (Å²) in [4.78, 5) is 25.5. The number of primary amides is 1. The summed E-state index contributed by atoms with van der Waals surface area (Å²) >= 11 is 0. The second-order valence-electron chi connectivity index (χ2n) is 7.44. The first kappa shape index (κ1) is 21.5. The van der Waals surface area contributed by atoms with Crippen molar-refractivity contribution in [1.29, 1.82) is 0 Å². The molecule has 0 fully saturated rings. The van der Waals surface area contributed by atoms with Crippen molar-refractivity contribution in [1.82, 2.24) is 19.4 Å². The SMILES string of the molecule is CCc1nc(NCc2cccc(B(O)O)c2)nc(-c2c(C)cc3c(C(N)=O)cccn23)n1. The van der Waals surface area contributed by atoms with E-state index < -0.39 is 13.0 Å². The lowest BCUT2D eigenvalue weighted by Gasteiger charge is -2.11. The Hall–Kier alpha value is -3.76. The van der Waals surface area contributed by atoms with Crippen LogP contribution in [0.5, 0.6) is 0 Å². The molecule has 1 aromatic carbocycles. The average Bonchev–Trinajstić information content (AvgIpc) is 3.13. The molecule has 0 saturated heterocycles. The zero-order valence-corrected chi connectivity index (χ0v) is 17.8. The first-order valence-corrected chi connectivity index (χ1v) is 10.2. The molecule has 3 heterocycles. The summed E-state index contributed by atoms with van der Waals surface area (Å²) < 4.78 is 1.86. The number of nitrogens with zero attached hydrogens (tertiary/aromatic N) is 4. The molecule has 0 unspecified atom stereocenters. The number of pyridine rings is 1. The van der Waals surface area contributed by atoms with Crippen molar-refractivity contribution >= 4 is 30.0 Å². The van der Waals surface area contributed by atoms with Gasteiger partial charge in [-0.1, -0.05) is 31.2 Å². The molecular weight excluding hydrogens is 407 g/mol. The van der Waals surface area contributed by atoms with Crippen LogP contribution in [0.4, 0.5) is 5.95 Å². The second kappa shape index (κ2) is 8.78. The van der Waals surface area contributed by atoms with Crippen molar-refractivity contribution in [2.24, 2.45) is 5.73 Å². The summed E-state index contributed by atoms with van der Waals surface area (Å²) in [5, 5.41) is 22.0. The van der Waals surface area contributed by atoms with Crippen molar-refractivity contribution in [2.45, 2.75) is 26.8 Å². The van der Waals surface area contributed by atoms with Gasteiger partial charge in [-0.3, -0.25) is 4.79 Å². The molecule has 10 heteroatoms. The van der Waals surface area contributed by atoms with Crippen LogP contribution in [0.15, 0.2) is 48.7 Å². The van der Waals surface area contributed by atoms with Gasteiger partial charge in [0.2, 0.25) is 5.95 Å². The number of carbonyl (C=O) groups excluding carboxylic acids is 1. The van der Waals surface area contributed by atoms with Gasteiger partial charge in [0.15, 0.2) is 5.82 Å². The summed E-state index contributed by atoms with van der Waals surface area (Å²) in [7, 11) is -1.53. The van der Waals surface area contributed by atoms with Crippen LogP contribution in [0.25, 0.3) is 17.0 Å². The van der Waals surface area contributed by atoms with Crippen LogP contribution >= 0.6 is 0 Å². The highest BCUT2D eigenvalue weighted by atomic mass is 16.4. The maximum Gasteiger partial charge on any atom is 0.488 e. The van der Waals surface area contributed by atoms with Crippen molar-refractivity contribution in [3.63, 3.8) is 0 Å². The van der Waals surface area contributed by atoms with Crippen LogP contribution in [0.3, 0.4) is 0 Å². The predicted octanol–water partition coefficient (Wildman–Crippen LogP) is 1.05. The topological polar surface area (TPSA) is 139 Å². The number of nitrogens with one attached hydrogen (secondary N) is 1. The number of anilines is 1. The third kappa shape index (κ3) is 4.18. The summed E-state index contributed by atoms with van der Waals surface area (Å²) in [5.74, 6) is 1.01. The lowest BCUT2D eigenvalue weighted by Crippen LogP contribution is -2.30. The number of benzene rings is 1. The lowest BCUT2D eigenvalue weighted by molar-refractivity contribution is 0.100. The average molecular weight is 430 g/mol. The minimum absolute atomic E-state index is 0.396. The van der Waals surface area contributed by atoms with E-state index in [0.29, 0.717) is 47.1 Å². The minimum Gasteiger partial charge on any atom is -0.423 e. The van der Waals surface area contributed by atoms with Crippen LogP contribution in [-0.2, 0) is 13.0 Å². The Morgan fingerprint density at radius 3 is 2.69 bits per heavy atom. The van der Waals surface area contributed by atoms with E-state index in [-0.39, 0.29) is 0 Å². The third-order valence-electron chi connectivity index (χ3n) is 5.18. The maximum absolute atomic E-state index is 11.8. The van der Waals surface area contributed by atoms with E-state index in [4.69, 9.17) is 5.73 Å². The van der Waals surface area contributed by atoms with E-state index in [1.54, 1.807) is 30.3 Å². The van der Waals surface area contributed by atoms with Crippen molar-refractivity contribution < 1.29 is 14.8 Å². The fraction of sp³-hybridized carbons (Fsp3) is 0.182. The molecule has 4 aromatic rings. The second-order valence-corrected chi connectivity index (χ2v) is 7.44. The van der Waals surface area contributed by atoms with Gasteiger partial charge in [0.25, 0.3) is 5.91 Å². The molecular formula is C22H23BN6O3. The number of aryl methyl sites for hydroxylation is 2. The number of aromatic nitrogens is 4. The van der Waals surface area contributed by atoms with Crippen molar-refractivity contribution in [3.8, 4) is 11.5 Å². The highest BCUT2D eigenvalue weighted by Crippen LogP contribution is 2.27. The molecule has 0 aliphatic carbocycles. The van der Waals surface area contributed by atoms with Gasteiger partial charge < -0.3 is 25.5 Å². The zero-order valence-electron chi connectivity index (χ0n) is 17.8. The number of fused-ring (bicyclic) bond motifs is 1. The van der Waals surface area contributed by atoms with Gasteiger partial charge in [-0.25, -0.2) is 4.98 Å². The number of nitrogens with two attached hydrogens (primary N) is 1. The molecule has 0 atom stereocenters. The molecule has 0 radical (unpaired) electrons. The van der Waals surface area contributed by atoms with Gasteiger partial charge in [-0.05, 0) is 41.7 Å². The minimum atomic E-state index is -1.53. The van der Waals surface area contributed by atoms with Crippen molar-refractivity contribution in [2.75, 3.05) is 5.32 Å². The Morgan fingerprint density at radius 1 is 1.16 bits per heavy atom. The normalized spacial score (nSPS) is 11.0. The fourth-order valence-corrected chi connectivity index (χ4v) is 3.63. The first-order chi connectivity index (χ1) is 15.4. The fourth-order valence-electron chi connectivity index (χ4n) is 3.63. The third-order valence-corrected chi connectivity index (χ3v) is 5.18. The van der Waals surface area contributed by atoms with Gasteiger partial charge in [0.1, 0.15) is 5.82 Å². The molecule has 162 valence electrons. The highest BCUT2D eigenvalue weighted by Gasteiger charge is 2.18. The van der Waals surface area contributed by atoms with E-state index in [1.165, 1.54) is 0 Å². The van der Waals surface area contributed by atoms with Crippen LogP contribution in [-0.4, -0.2) is 42.4 Å². The first-order valence-electron chi connectivity index (χ1n) is 10.2. The Labute approximate surface area is 185 Å². The number of carbonyl (C=O) groups is 1. The standard InChI is InChI=1S/C22H23BN6O3/c1-3-18-26-21(19-13(2)10-17-16(20(24)30)8-5-9-29(17)19)28-22(27-18)25-12-14-6-4-7-15(11-14)23(31)32/h4-11,31-32H,3,12H2,1-2H3,(H2,24,30)(H,25,26,27,28). The van der Waals surface area contributed by atoms with E-state index in [2.05, 4.69) is 20.3 Å². The highest BCUT2D eigenvalue weighted by molar-refractivity contribution is 6.58. The van der Waals surface area contributed by atoms with E-state index in [9.17, 15) is 14.8 Å². The van der Waals surface area contributed by atoms with Crippen molar-refractivity contribution in [3.05, 3.63) is 71.2 Å². The quantitative estimate of drug-likeness (QED) is 0.322. The van der Waals surface area contributed by atoms with Crippen LogP contribution in [0.1, 0.15) is 34.2 Å². The van der Waals surface area contributed by atoms with Gasteiger partial charge in [-0.15, -0.1) is 0 Å². The number of amides is 1. The molecule has 1 amide bonds. The van der Waals surface area contributed by atoms with E-state index in [0.717, 1.165) is 16.8 Å². The van der Waals surface area contributed by atoms with Gasteiger partial charge >= 0.3 is 7.12 Å². The molecule has 0 aliphatic heterocycles. The summed E-state index contributed by atoms with van der Waals surface area (Å²) in [6, 6.07) is 12.3. The molecule has 5 N–H and O–H groups in total. The van der Waals surface area contributed by atoms with Gasteiger partial charge in [0.05, 0.1) is 16.8 Å². The lowest BCUT2D eigenvalue weighted by atomic mass is 9.80. The Bertz CT molecular complexity index is 1300. The number of hydrogen-bond acceptors (Lipinski definition) is 7. The van der Waals surface area contributed by atoms with Crippen LogP contribution in [0.2, 0.25) is 0 Å². The molecule has 32 heavy (non-hydrogen) atoms. The number of hydrogen-bond donors (Lipinski definition) is 4. The number of rotatable bonds is 7. The Kier molecular flexibility index (Phi) is 5.89. The zero-order chi connectivity index (χ0) is 22.8. The summed E-state index contributed by atoms with van der Waals surface area (Å²) in [5.41, 5.74) is 9.59. The van der Waals surface area contributed by atoms with E-state index >= 15 is 0 Å². The Balaban J connectivity index is 1.72. The van der Waals surface area contributed by atoms with E-state index in [1.807, 2.05) is 36.6 Å². The van der Waals surface area contributed by atoms with Gasteiger partial charge in [-0.2, -0.15) is 9.97 Å². The molecule has 0 bridgehead atoms. The molecule has 3 aromatic heterocycles. The molecule has 0 saturated carbocycles. The maximum atomic E-state index is 11.8. The summed E-state index contributed by atoms with van der Waals surface area (Å²) in [6.45, 7) is 4.29. The van der Waals surface area contributed by atoms with Crippen LogP contribution < -0.4 is 16.5 Å². The summed E-state index contributed by atoms with van der Waals surface area (Å²) in [6.07, 6.45) is 2.46. The molecule has 0 spiro atoms. The molecule has 4 rings (SSSR count). The largest absolute Gasteiger partial charge is 0.488 e. The predicted molar refractivity (Wildman–Crippen MR) is 122 cm³/mol. The molecule has 9 nitrogen and oxygen atoms in total. The monoisotopic (exact) mass is 430 g/mol. The smallest absolute Gasteiger partial charge is 0.423 e. The van der Waals surface area contributed by atoms with Gasteiger partial charge in [0, 0.05) is 19.2 Å². The molecule has 0 aliphatic rings. The van der Waals surface area contributed by atoms with Crippen LogP contribution in [0, 0.1) is 6.92 Å². The Morgan fingerprint density at radius 2 is 1.97 bits per heavy atom.